The van der Waals surface area contributed by atoms with Crippen LogP contribution in [-0.4, -0.2) is 20.4 Å². The van der Waals surface area contributed by atoms with Crippen molar-refractivity contribution in [3.8, 4) is 0 Å². The molecule has 1 rings (SSSR count). The Kier molecular flexibility index (Phi) is 5.87. The third kappa shape index (κ3) is 3.57. The lowest BCUT2D eigenvalue weighted by Gasteiger charge is -2.29. The second-order valence-electron chi connectivity index (χ2n) is 3.83. The zero-order valence-electron chi connectivity index (χ0n) is 8.89. The van der Waals surface area contributed by atoms with Crippen molar-refractivity contribution in [1.29, 1.82) is 0 Å². The van der Waals surface area contributed by atoms with E-state index < -0.39 is 0 Å². The van der Waals surface area contributed by atoms with E-state index in [-0.39, 0.29) is 11.6 Å². The number of esters is 1. The van der Waals surface area contributed by atoms with Crippen molar-refractivity contribution in [2.24, 2.45) is 0 Å². The molecule has 0 aromatic carbocycles. The molecule has 0 radical (unpaired) electrons. The summed E-state index contributed by atoms with van der Waals surface area (Å²) in [7, 11) is 0. The number of alkyl halides is 2. The summed E-state index contributed by atoms with van der Waals surface area (Å²) >= 11 is 4.74. The molecule has 1 aliphatic heterocycles. The van der Waals surface area contributed by atoms with Crippen molar-refractivity contribution < 1.29 is 9.53 Å². The van der Waals surface area contributed by atoms with E-state index in [9.17, 15) is 4.79 Å². The van der Waals surface area contributed by atoms with Crippen LogP contribution in [0.1, 0.15) is 32.6 Å². The quantitative estimate of drug-likeness (QED) is 0.363. The molecule has 86 valence electrons. The molecule has 0 aliphatic carbocycles. The maximum atomic E-state index is 11.3. The van der Waals surface area contributed by atoms with E-state index in [0.717, 1.165) is 40.1 Å². The highest BCUT2D eigenvalue weighted by Crippen LogP contribution is 2.37. The van der Waals surface area contributed by atoms with Gasteiger partial charge in [-0.3, -0.25) is 0 Å². The minimum absolute atomic E-state index is 0.158. The molecule has 0 saturated carbocycles. The van der Waals surface area contributed by atoms with Crippen LogP contribution in [0.15, 0.2) is 11.6 Å². The molecular formula is C11H16I2O2. The molecule has 0 unspecified atom stereocenters. The molecule has 15 heavy (non-hydrogen) atoms. The molecule has 0 saturated heterocycles. The summed E-state index contributed by atoms with van der Waals surface area (Å²) in [6.07, 6.45) is 5.82. The van der Waals surface area contributed by atoms with E-state index in [1.165, 1.54) is 0 Å². The molecule has 0 aromatic heterocycles. The summed E-state index contributed by atoms with van der Waals surface area (Å²) in [4.78, 5) is 11.3. The van der Waals surface area contributed by atoms with Crippen molar-refractivity contribution in [2.75, 3.05) is 8.86 Å². The topological polar surface area (TPSA) is 26.3 Å². The van der Waals surface area contributed by atoms with Crippen LogP contribution in [0.4, 0.5) is 0 Å². The number of cyclic esters (lactones) is 1. The number of carbonyl (C=O) groups excluding carboxylic acids is 1. The summed E-state index contributed by atoms with van der Waals surface area (Å²) < 4.78 is 7.77. The van der Waals surface area contributed by atoms with E-state index in [2.05, 4.69) is 45.2 Å². The van der Waals surface area contributed by atoms with Gasteiger partial charge in [0, 0.05) is 6.08 Å². The van der Waals surface area contributed by atoms with Gasteiger partial charge in [0.1, 0.15) is 5.60 Å². The summed E-state index contributed by atoms with van der Waals surface area (Å²) in [5.74, 6) is -0.158. The van der Waals surface area contributed by atoms with Crippen molar-refractivity contribution in [3.63, 3.8) is 0 Å². The first kappa shape index (κ1) is 13.7. The highest BCUT2D eigenvalue weighted by atomic mass is 127. The van der Waals surface area contributed by atoms with Crippen LogP contribution in [0.2, 0.25) is 0 Å². The van der Waals surface area contributed by atoms with Crippen LogP contribution >= 0.6 is 45.2 Å². The van der Waals surface area contributed by atoms with Crippen LogP contribution in [0.5, 0.6) is 0 Å². The Balaban J connectivity index is 2.69. The first-order chi connectivity index (χ1) is 7.14. The number of halogens is 2. The first-order valence-electron chi connectivity index (χ1n) is 5.18. The molecule has 0 N–H and O–H groups in total. The van der Waals surface area contributed by atoms with Crippen LogP contribution in [0.25, 0.3) is 0 Å². The lowest BCUT2D eigenvalue weighted by Crippen LogP contribution is -2.31. The zero-order valence-corrected chi connectivity index (χ0v) is 13.2. The average Bonchev–Trinajstić information content (AvgIpc) is 2.48. The Morgan fingerprint density at radius 2 is 1.80 bits per heavy atom. The number of ether oxygens (including phenoxy) is 1. The van der Waals surface area contributed by atoms with Crippen LogP contribution in [0.3, 0.4) is 0 Å². The smallest absolute Gasteiger partial charge is 0.331 e. The highest BCUT2D eigenvalue weighted by Gasteiger charge is 2.39. The Morgan fingerprint density at radius 3 is 2.13 bits per heavy atom. The van der Waals surface area contributed by atoms with Gasteiger partial charge in [0.05, 0.1) is 0 Å². The van der Waals surface area contributed by atoms with E-state index >= 15 is 0 Å². The van der Waals surface area contributed by atoms with Gasteiger partial charge in [-0.15, -0.1) is 0 Å². The van der Waals surface area contributed by atoms with E-state index in [1.807, 2.05) is 6.92 Å². The molecule has 0 fully saturated rings. The van der Waals surface area contributed by atoms with Crippen LogP contribution in [-0.2, 0) is 9.53 Å². The molecule has 0 spiro atoms. The van der Waals surface area contributed by atoms with E-state index in [0.29, 0.717) is 0 Å². The molecule has 1 heterocycles. The molecular weight excluding hydrogens is 418 g/mol. The number of carbonyl (C=O) groups is 1. The monoisotopic (exact) mass is 434 g/mol. The standard InChI is InChI=1S/C11H16I2O2/c1-9-8-10(14)15-11(9,4-2-6-12)5-3-7-13/h8H,2-7H2,1H3. The number of rotatable bonds is 6. The van der Waals surface area contributed by atoms with Crippen LogP contribution < -0.4 is 0 Å². The molecule has 0 atom stereocenters. The van der Waals surface area contributed by atoms with Gasteiger partial charge in [0.25, 0.3) is 0 Å². The molecule has 0 amide bonds. The molecule has 4 heteroatoms. The van der Waals surface area contributed by atoms with E-state index in [4.69, 9.17) is 4.74 Å². The summed E-state index contributed by atoms with van der Waals surface area (Å²) in [5, 5.41) is 0. The van der Waals surface area contributed by atoms with Gasteiger partial charge in [-0.1, -0.05) is 45.2 Å². The largest absolute Gasteiger partial charge is 0.451 e. The van der Waals surface area contributed by atoms with Crippen molar-refractivity contribution in [3.05, 3.63) is 11.6 Å². The summed E-state index contributed by atoms with van der Waals surface area (Å²) in [6, 6.07) is 0. The summed E-state index contributed by atoms with van der Waals surface area (Å²) in [6.45, 7) is 2.02. The first-order valence-corrected chi connectivity index (χ1v) is 8.23. The lowest BCUT2D eigenvalue weighted by atomic mass is 9.87. The van der Waals surface area contributed by atoms with Gasteiger partial charge in [-0.05, 0) is 47.0 Å². The van der Waals surface area contributed by atoms with Gasteiger partial charge < -0.3 is 4.74 Å². The third-order valence-electron chi connectivity index (χ3n) is 2.78. The molecule has 0 aromatic rings. The zero-order chi connectivity index (χ0) is 11.3. The number of hydrogen-bond acceptors (Lipinski definition) is 2. The van der Waals surface area contributed by atoms with Crippen molar-refractivity contribution in [2.45, 2.75) is 38.2 Å². The Labute approximate surface area is 118 Å². The van der Waals surface area contributed by atoms with Gasteiger partial charge in [0.2, 0.25) is 0 Å². The maximum Gasteiger partial charge on any atom is 0.331 e. The lowest BCUT2D eigenvalue weighted by molar-refractivity contribution is -0.147. The van der Waals surface area contributed by atoms with Gasteiger partial charge in [-0.25, -0.2) is 4.79 Å². The average molecular weight is 434 g/mol. The van der Waals surface area contributed by atoms with Crippen molar-refractivity contribution >= 4 is 51.2 Å². The fraction of sp³-hybridized carbons (Fsp3) is 0.727. The Hall–Kier alpha value is 0.670. The minimum Gasteiger partial charge on any atom is -0.451 e. The predicted octanol–water partition coefficient (Wildman–Crippen LogP) is 3.66. The van der Waals surface area contributed by atoms with Crippen LogP contribution in [0, 0.1) is 0 Å². The Morgan fingerprint density at radius 1 is 1.27 bits per heavy atom. The maximum absolute atomic E-state index is 11.3. The SMILES string of the molecule is CC1=CC(=O)OC1(CCCI)CCCI. The fourth-order valence-corrected chi connectivity index (χ4v) is 2.70. The van der Waals surface area contributed by atoms with Gasteiger partial charge in [0.15, 0.2) is 0 Å². The second kappa shape index (κ2) is 6.42. The molecule has 1 aliphatic rings. The number of hydrogen-bond donors (Lipinski definition) is 0. The fourth-order valence-electron chi connectivity index (χ4n) is 1.94. The minimum atomic E-state index is -0.270. The highest BCUT2D eigenvalue weighted by molar-refractivity contribution is 14.1. The molecule has 2 nitrogen and oxygen atoms in total. The van der Waals surface area contributed by atoms with Crippen molar-refractivity contribution in [1.82, 2.24) is 0 Å². The van der Waals surface area contributed by atoms with Gasteiger partial charge >= 0.3 is 5.97 Å². The van der Waals surface area contributed by atoms with E-state index in [1.54, 1.807) is 6.08 Å². The third-order valence-corrected chi connectivity index (χ3v) is 4.30. The predicted molar refractivity (Wildman–Crippen MR) is 78.8 cm³/mol. The Bertz CT molecular complexity index is 253. The molecule has 0 bridgehead atoms. The van der Waals surface area contributed by atoms with Gasteiger partial charge in [-0.2, -0.15) is 0 Å². The second-order valence-corrected chi connectivity index (χ2v) is 5.99. The summed E-state index contributed by atoms with van der Waals surface area (Å²) in [5.41, 5.74) is 0.843. The normalized spacial score (nSPS) is 18.9.